The van der Waals surface area contributed by atoms with Gasteiger partial charge < -0.3 is 9.80 Å². The predicted octanol–water partition coefficient (Wildman–Crippen LogP) is 5.34. The van der Waals surface area contributed by atoms with Crippen molar-refractivity contribution in [1.82, 2.24) is 9.97 Å². The number of anilines is 4. The quantitative estimate of drug-likeness (QED) is 0.630. The van der Waals surface area contributed by atoms with Gasteiger partial charge in [0.15, 0.2) is 0 Å². The van der Waals surface area contributed by atoms with Crippen LogP contribution in [0.1, 0.15) is 30.2 Å². The van der Waals surface area contributed by atoms with Crippen molar-refractivity contribution in [2.75, 3.05) is 22.9 Å². The molecular weight excluding hydrogens is 332 g/mol. The Bertz CT molecular complexity index is 951. The molecule has 0 spiro atoms. The number of para-hydroxylation sites is 1. The zero-order chi connectivity index (χ0) is 18.8. The van der Waals surface area contributed by atoms with Crippen LogP contribution < -0.4 is 9.80 Å². The van der Waals surface area contributed by atoms with Crippen LogP contribution in [0.2, 0.25) is 0 Å². The molecule has 0 atom stereocenters. The molecule has 0 N–H and O–H groups in total. The van der Waals surface area contributed by atoms with Gasteiger partial charge in [0.05, 0.1) is 0 Å². The highest BCUT2D eigenvalue weighted by Crippen LogP contribution is 2.34. The minimum absolute atomic E-state index is 0.765. The fourth-order valence-corrected chi connectivity index (χ4v) is 3.80. The van der Waals surface area contributed by atoms with Gasteiger partial charge in [-0.3, -0.25) is 0 Å². The van der Waals surface area contributed by atoms with Crippen LogP contribution >= 0.6 is 0 Å². The van der Waals surface area contributed by atoms with Crippen LogP contribution in [-0.2, 0) is 6.42 Å². The molecule has 0 saturated heterocycles. The minimum Gasteiger partial charge on any atom is -0.326 e. The van der Waals surface area contributed by atoms with Gasteiger partial charge >= 0.3 is 0 Å². The standard InChI is InChI=1S/C23H26N4/c1-4-26(20-12-7-9-17(2)15-20)23-24-18(3)16-22(25-23)27-14-8-11-19-10-5-6-13-21(19)27/h5-7,9-10,12-13,15-16H,4,8,11,14H2,1-3H3. The van der Waals surface area contributed by atoms with Crippen LogP contribution in [0, 0.1) is 13.8 Å². The maximum atomic E-state index is 4.97. The van der Waals surface area contributed by atoms with Gasteiger partial charge in [-0.05, 0) is 62.9 Å². The highest BCUT2D eigenvalue weighted by molar-refractivity contribution is 5.67. The first-order chi connectivity index (χ1) is 13.2. The van der Waals surface area contributed by atoms with E-state index >= 15 is 0 Å². The van der Waals surface area contributed by atoms with Gasteiger partial charge in [-0.25, -0.2) is 4.98 Å². The lowest BCUT2D eigenvalue weighted by Crippen LogP contribution is -2.27. The molecule has 4 heteroatoms. The highest BCUT2D eigenvalue weighted by Gasteiger charge is 2.21. The third kappa shape index (κ3) is 3.52. The second kappa shape index (κ2) is 7.39. The van der Waals surface area contributed by atoms with E-state index in [1.165, 1.54) is 16.8 Å². The van der Waals surface area contributed by atoms with Gasteiger partial charge in [-0.15, -0.1) is 0 Å². The molecule has 0 radical (unpaired) electrons. The Hall–Kier alpha value is -2.88. The van der Waals surface area contributed by atoms with E-state index in [0.717, 1.165) is 49.1 Å². The predicted molar refractivity (Wildman–Crippen MR) is 112 cm³/mol. The average Bonchev–Trinajstić information content (AvgIpc) is 2.68. The van der Waals surface area contributed by atoms with Crippen molar-refractivity contribution in [3.05, 3.63) is 71.4 Å². The Labute approximate surface area is 161 Å². The second-order valence-corrected chi connectivity index (χ2v) is 7.13. The Balaban J connectivity index is 1.76. The van der Waals surface area contributed by atoms with E-state index in [0.29, 0.717) is 0 Å². The van der Waals surface area contributed by atoms with Crippen LogP contribution in [0.4, 0.5) is 23.1 Å². The first-order valence-electron chi connectivity index (χ1n) is 9.71. The van der Waals surface area contributed by atoms with Crippen molar-refractivity contribution >= 4 is 23.1 Å². The smallest absolute Gasteiger partial charge is 0.232 e. The molecule has 4 nitrogen and oxygen atoms in total. The summed E-state index contributed by atoms with van der Waals surface area (Å²) >= 11 is 0. The molecule has 0 bridgehead atoms. The molecule has 1 aliphatic rings. The van der Waals surface area contributed by atoms with Crippen LogP contribution in [0.25, 0.3) is 0 Å². The second-order valence-electron chi connectivity index (χ2n) is 7.13. The van der Waals surface area contributed by atoms with Crippen LogP contribution in [0.3, 0.4) is 0 Å². The number of fused-ring (bicyclic) bond motifs is 1. The number of rotatable bonds is 4. The van der Waals surface area contributed by atoms with E-state index in [1.54, 1.807) is 0 Å². The van der Waals surface area contributed by atoms with Gasteiger partial charge in [0.2, 0.25) is 5.95 Å². The topological polar surface area (TPSA) is 32.3 Å². The first kappa shape index (κ1) is 17.5. The lowest BCUT2D eigenvalue weighted by Gasteiger charge is -2.31. The summed E-state index contributed by atoms with van der Waals surface area (Å²) in [6.07, 6.45) is 2.28. The summed E-state index contributed by atoms with van der Waals surface area (Å²) in [5.74, 6) is 1.75. The monoisotopic (exact) mass is 358 g/mol. The van der Waals surface area contributed by atoms with E-state index in [-0.39, 0.29) is 0 Å². The van der Waals surface area contributed by atoms with Gasteiger partial charge in [0.25, 0.3) is 0 Å². The average molecular weight is 358 g/mol. The Kier molecular flexibility index (Phi) is 4.80. The summed E-state index contributed by atoms with van der Waals surface area (Å²) < 4.78 is 0. The number of hydrogen-bond acceptors (Lipinski definition) is 4. The van der Waals surface area contributed by atoms with Gasteiger partial charge in [-0.1, -0.05) is 30.3 Å². The molecule has 2 aromatic carbocycles. The van der Waals surface area contributed by atoms with E-state index in [1.807, 2.05) is 0 Å². The molecule has 27 heavy (non-hydrogen) atoms. The summed E-state index contributed by atoms with van der Waals surface area (Å²) in [4.78, 5) is 14.2. The summed E-state index contributed by atoms with van der Waals surface area (Å²) in [5.41, 5.74) is 6.03. The van der Waals surface area contributed by atoms with Crippen molar-refractivity contribution in [1.29, 1.82) is 0 Å². The van der Waals surface area contributed by atoms with Gasteiger partial charge in [-0.2, -0.15) is 4.98 Å². The fraction of sp³-hybridized carbons (Fsp3) is 0.304. The van der Waals surface area contributed by atoms with E-state index < -0.39 is 0 Å². The maximum Gasteiger partial charge on any atom is 0.232 e. The molecule has 2 heterocycles. The molecular formula is C23H26N4. The fourth-order valence-electron chi connectivity index (χ4n) is 3.80. The van der Waals surface area contributed by atoms with Crippen molar-refractivity contribution < 1.29 is 0 Å². The number of benzene rings is 2. The van der Waals surface area contributed by atoms with Crippen LogP contribution in [0.5, 0.6) is 0 Å². The molecule has 0 unspecified atom stereocenters. The van der Waals surface area contributed by atoms with Crippen molar-refractivity contribution in [3.63, 3.8) is 0 Å². The van der Waals surface area contributed by atoms with Crippen molar-refractivity contribution in [3.8, 4) is 0 Å². The molecule has 4 rings (SSSR count). The largest absolute Gasteiger partial charge is 0.326 e. The van der Waals surface area contributed by atoms with Crippen LogP contribution in [0.15, 0.2) is 54.6 Å². The van der Waals surface area contributed by atoms with Crippen molar-refractivity contribution in [2.24, 2.45) is 0 Å². The minimum atomic E-state index is 0.765. The molecule has 138 valence electrons. The van der Waals surface area contributed by atoms with E-state index in [9.17, 15) is 0 Å². The molecule has 1 aliphatic heterocycles. The van der Waals surface area contributed by atoms with E-state index in [4.69, 9.17) is 9.97 Å². The third-order valence-corrected chi connectivity index (χ3v) is 5.09. The number of aromatic nitrogens is 2. The summed E-state index contributed by atoms with van der Waals surface area (Å²) in [7, 11) is 0. The molecule has 1 aromatic heterocycles. The zero-order valence-electron chi connectivity index (χ0n) is 16.3. The van der Waals surface area contributed by atoms with Crippen molar-refractivity contribution in [2.45, 2.75) is 33.6 Å². The Morgan fingerprint density at radius 3 is 2.67 bits per heavy atom. The van der Waals surface area contributed by atoms with Gasteiger partial charge in [0, 0.05) is 36.2 Å². The highest BCUT2D eigenvalue weighted by atomic mass is 15.3. The van der Waals surface area contributed by atoms with Crippen LogP contribution in [-0.4, -0.2) is 23.1 Å². The number of nitrogens with zero attached hydrogens (tertiary/aromatic N) is 4. The molecule has 0 saturated carbocycles. The first-order valence-corrected chi connectivity index (χ1v) is 9.71. The van der Waals surface area contributed by atoms with E-state index in [2.05, 4.69) is 85.2 Å². The number of aryl methyl sites for hydroxylation is 3. The summed E-state index contributed by atoms with van der Waals surface area (Å²) in [5, 5.41) is 0. The SMILES string of the molecule is CCN(c1cccc(C)c1)c1nc(C)cc(N2CCCc3ccccc32)n1. The summed E-state index contributed by atoms with van der Waals surface area (Å²) in [6.45, 7) is 8.12. The Morgan fingerprint density at radius 1 is 1.00 bits per heavy atom. The number of hydrogen-bond donors (Lipinski definition) is 0. The molecule has 0 aliphatic carbocycles. The normalized spacial score (nSPS) is 13.4. The molecule has 0 fully saturated rings. The lowest BCUT2D eigenvalue weighted by molar-refractivity contribution is 0.756. The zero-order valence-corrected chi connectivity index (χ0v) is 16.3. The molecule has 3 aromatic rings. The maximum absolute atomic E-state index is 4.97. The Morgan fingerprint density at radius 2 is 1.85 bits per heavy atom. The lowest BCUT2D eigenvalue weighted by atomic mass is 10.0. The molecule has 0 amide bonds. The third-order valence-electron chi connectivity index (χ3n) is 5.09. The van der Waals surface area contributed by atoms with Gasteiger partial charge in [0.1, 0.15) is 5.82 Å². The summed E-state index contributed by atoms with van der Waals surface area (Å²) in [6, 6.07) is 19.3.